The molecule has 3 rings (SSSR count). The van der Waals surface area contributed by atoms with Gasteiger partial charge >= 0.3 is 6.18 Å². The highest BCUT2D eigenvalue weighted by molar-refractivity contribution is 5.93. The number of nitrogens with one attached hydrogen (secondary N) is 2. The van der Waals surface area contributed by atoms with E-state index in [0.29, 0.717) is 18.0 Å². The first-order valence-electron chi connectivity index (χ1n) is 9.38. The number of anilines is 2. The molecule has 3 aromatic rings. The number of hydrogen-bond acceptors (Lipinski definition) is 3. The number of halogens is 3. The molecule has 156 valence electrons. The van der Waals surface area contributed by atoms with Crippen molar-refractivity contribution in [2.24, 2.45) is 0 Å². The van der Waals surface area contributed by atoms with E-state index >= 15 is 0 Å². The van der Waals surface area contributed by atoms with E-state index in [1.807, 2.05) is 36.4 Å². The summed E-state index contributed by atoms with van der Waals surface area (Å²) in [6, 6.07) is 21.7. The first-order chi connectivity index (χ1) is 14.4. The highest BCUT2D eigenvalue weighted by Crippen LogP contribution is 2.30. The summed E-state index contributed by atoms with van der Waals surface area (Å²) in [5, 5.41) is 5.40. The highest BCUT2D eigenvalue weighted by Gasteiger charge is 2.30. The number of benzene rings is 3. The Bertz CT molecular complexity index is 975. The van der Waals surface area contributed by atoms with Crippen LogP contribution in [0.15, 0.2) is 78.9 Å². The van der Waals surface area contributed by atoms with Gasteiger partial charge in [-0.3, -0.25) is 4.79 Å². The molecule has 0 saturated heterocycles. The van der Waals surface area contributed by atoms with Gasteiger partial charge in [0.25, 0.3) is 0 Å². The van der Waals surface area contributed by atoms with E-state index in [9.17, 15) is 18.0 Å². The van der Waals surface area contributed by atoms with Crippen molar-refractivity contribution in [2.45, 2.75) is 12.6 Å². The van der Waals surface area contributed by atoms with Gasteiger partial charge in [-0.1, -0.05) is 42.5 Å². The lowest BCUT2D eigenvalue weighted by Crippen LogP contribution is -2.22. The zero-order valence-electron chi connectivity index (χ0n) is 16.1. The second-order valence-electron chi connectivity index (χ2n) is 6.59. The average Bonchev–Trinajstić information content (AvgIpc) is 2.73. The Hall–Kier alpha value is -3.48. The molecule has 0 aliphatic rings. The van der Waals surface area contributed by atoms with Gasteiger partial charge in [0.05, 0.1) is 18.7 Å². The molecular weight excluding hydrogens is 393 g/mol. The lowest BCUT2D eigenvalue weighted by molar-refractivity contribution is -0.137. The van der Waals surface area contributed by atoms with Crippen molar-refractivity contribution in [1.29, 1.82) is 0 Å². The fraction of sp³-hybridized carbons (Fsp3) is 0.174. The maximum atomic E-state index is 12.8. The Morgan fingerprint density at radius 3 is 2.37 bits per heavy atom. The lowest BCUT2D eigenvalue weighted by atomic mass is 10.2. The monoisotopic (exact) mass is 414 g/mol. The molecule has 0 bridgehead atoms. The molecule has 2 N–H and O–H groups in total. The largest absolute Gasteiger partial charge is 0.493 e. The zero-order valence-corrected chi connectivity index (χ0v) is 16.1. The summed E-state index contributed by atoms with van der Waals surface area (Å²) in [7, 11) is 0. The minimum Gasteiger partial charge on any atom is -0.493 e. The van der Waals surface area contributed by atoms with Crippen LogP contribution in [0.4, 0.5) is 24.5 Å². The van der Waals surface area contributed by atoms with Crippen LogP contribution in [-0.4, -0.2) is 19.1 Å². The maximum Gasteiger partial charge on any atom is 0.416 e. The van der Waals surface area contributed by atoms with Crippen molar-refractivity contribution >= 4 is 17.3 Å². The molecule has 0 fully saturated rings. The van der Waals surface area contributed by atoms with Crippen molar-refractivity contribution in [3.63, 3.8) is 0 Å². The van der Waals surface area contributed by atoms with E-state index in [4.69, 9.17) is 4.74 Å². The number of alkyl halides is 3. The lowest BCUT2D eigenvalue weighted by Gasteiger charge is -2.12. The average molecular weight is 414 g/mol. The number of carbonyl (C=O) groups excluding carboxylic acids is 1. The van der Waals surface area contributed by atoms with Gasteiger partial charge in [0.2, 0.25) is 5.91 Å². The number of rotatable bonds is 8. The molecule has 0 aliphatic heterocycles. The van der Waals surface area contributed by atoms with E-state index < -0.39 is 17.6 Å². The van der Waals surface area contributed by atoms with Gasteiger partial charge in [-0.15, -0.1) is 0 Å². The Kier molecular flexibility index (Phi) is 6.95. The predicted octanol–water partition coefficient (Wildman–Crippen LogP) is 5.38. The van der Waals surface area contributed by atoms with Crippen LogP contribution in [0.25, 0.3) is 0 Å². The third-order valence-corrected chi connectivity index (χ3v) is 4.26. The Morgan fingerprint density at radius 2 is 1.60 bits per heavy atom. The van der Waals surface area contributed by atoms with Crippen molar-refractivity contribution in [1.82, 2.24) is 0 Å². The SMILES string of the molecule is O=C(CNc1cccc(OCCc2ccccc2)c1)Nc1cccc(C(F)(F)F)c1. The van der Waals surface area contributed by atoms with E-state index in [-0.39, 0.29) is 12.2 Å². The van der Waals surface area contributed by atoms with Crippen molar-refractivity contribution in [3.8, 4) is 5.75 Å². The van der Waals surface area contributed by atoms with Crippen LogP contribution in [0.3, 0.4) is 0 Å². The second kappa shape index (κ2) is 9.82. The van der Waals surface area contributed by atoms with Crippen molar-refractivity contribution in [3.05, 3.63) is 90.0 Å². The predicted molar refractivity (Wildman–Crippen MR) is 111 cm³/mol. The number of amides is 1. The van der Waals surface area contributed by atoms with Gasteiger partial charge in [-0.25, -0.2) is 0 Å². The first-order valence-corrected chi connectivity index (χ1v) is 9.38. The minimum atomic E-state index is -4.46. The fourth-order valence-corrected chi connectivity index (χ4v) is 2.79. The molecule has 30 heavy (non-hydrogen) atoms. The van der Waals surface area contributed by atoms with E-state index in [0.717, 1.165) is 18.6 Å². The van der Waals surface area contributed by atoms with Crippen LogP contribution < -0.4 is 15.4 Å². The van der Waals surface area contributed by atoms with Gasteiger partial charge < -0.3 is 15.4 Å². The summed E-state index contributed by atoms with van der Waals surface area (Å²) in [5.74, 6) is 0.207. The summed E-state index contributed by atoms with van der Waals surface area (Å²) in [6.45, 7) is 0.424. The molecule has 0 radical (unpaired) electrons. The standard InChI is InChI=1S/C23H21F3N2O2/c24-23(25,26)18-8-4-10-20(14-18)28-22(29)16-27-19-9-5-11-21(15-19)30-13-12-17-6-2-1-3-7-17/h1-11,14-15,27H,12-13,16H2,(H,28,29). The summed E-state index contributed by atoms with van der Waals surface area (Å²) in [6.07, 6.45) is -3.68. The molecule has 7 heteroatoms. The van der Waals surface area contributed by atoms with Crippen molar-refractivity contribution in [2.75, 3.05) is 23.8 Å². The molecule has 0 saturated carbocycles. The molecule has 4 nitrogen and oxygen atoms in total. The molecule has 0 aliphatic carbocycles. The first kappa shape index (κ1) is 21.2. The topological polar surface area (TPSA) is 50.4 Å². The van der Waals surface area contributed by atoms with Gasteiger partial charge in [0, 0.05) is 23.9 Å². The quantitative estimate of drug-likeness (QED) is 0.521. The smallest absolute Gasteiger partial charge is 0.416 e. The maximum absolute atomic E-state index is 12.8. The Morgan fingerprint density at radius 1 is 0.867 bits per heavy atom. The molecule has 0 atom stereocenters. The normalized spacial score (nSPS) is 11.0. The van der Waals surface area contributed by atoms with Gasteiger partial charge in [0.15, 0.2) is 0 Å². The number of ether oxygens (including phenoxy) is 1. The van der Waals surface area contributed by atoms with E-state index in [1.54, 1.807) is 18.2 Å². The van der Waals surface area contributed by atoms with Gasteiger partial charge in [-0.05, 0) is 35.9 Å². The van der Waals surface area contributed by atoms with Gasteiger partial charge in [0.1, 0.15) is 5.75 Å². The Balaban J connectivity index is 1.48. The fourth-order valence-electron chi connectivity index (χ4n) is 2.79. The van der Waals surface area contributed by atoms with E-state index in [2.05, 4.69) is 10.6 Å². The molecular formula is C23H21F3N2O2. The van der Waals surface area contributed by atoms with Crippen LogP contribution in [0.5, 0.6) is 5.75 Å². The summed E-state index contributed by atoms with van der Waals surface area (Å²) in [4.78, 5) is 12.1. The highest BCUT2D eigenvalue weighted by atomic mass is 19.4. The van der Waals surface area contributed by atoms with Crippen LogP contribution in [0, 0.1) is 0 Å². The van der Waals surface area contributed by atoms with Crippen LogP contribution in [0.1, 0.15) is 11.1 Å². The summed E-state index contributed by atoms with van der Waals surface area (Å²) in [5.41, 5.74) is 1.13. The summed E-state index contributed by atoms with van der Waals surface area (Å²) < 4.78 is 44.0. The Labute approximate surface area is 172 Å². The van der Waals surface area contributed by atoms with Crippen LogP contribution >= 0.6 is 0 Å². The number of carbonyl (C=O) groups is 1. The molecule has 0 unspecified atom stereocenters. The molecule has 0 spiro atoms. The molecule has 3 aromatic carbocycles. The minimum absolute atomic E-state index is 0.0922. The summed E-state index contributed by atoms with van der Waals surface area (Å²) >= 11 is 0. The third-order valence-electron chi connectivity index (χ3n) is 4.26. The van der Waals surface area contributed by atoms with E-state index in [1.165, 1.54) is 17.7 Å². The third kappa shape index (κ3) is 6.55. The number of hydrogen-bond donors (Lipinski definition) is 2. The molecule has 0 heterocycles. The van der Waals surface area contributed by atoms with Crippen LogP contribution in [0.2, 0.25) is 0 Å². The zero-order chi connectivity index (χ0) is 21.4. The molecule has 1 amide bonds. The second-order valence-corrected chi connectivity index (χ2v) is 6.59. The van der Waals surface area contributed by atoms with Gasteiger partial charge in [-0.2, -0.15) is 13.2 Å². The van der Waals surface area contributed by atoms with Crippen molar-refractivity contribution < 1.29 is 22.7 Å². The van der Waals surface area contributed by atoms with Crippen LogP contribution in [-0.2, 0) is 17.4 Å². The molecule has 0 aromatic heterocycles.